The largest absolute Gasteiger partial charge is 0.481 e. The Morgan fingerprint density at radius 1 is 1.35 bits per heavy atom. The number of halogens is 5. The normalized spacial score (nSPS) is 18.7. The van der Waals surface area contributed by atoms with Crippen molar-refractivity contribution in [3.8, 4) is 0 Å². The molecule has 1 unspecified atom stereocenters. The molecule has 1 aliphatic heterocycles. The van der Waals surface area contributed by atoms with Gasteiger partial charge in [-0.2, -0.15) is 13.2 Å². The van der Waals surface area contributed by atoms with Gasteiger partial charge in [-0.15, -0.1) is 11.8 Å². The van der Waals surface area contributed by atoms with Gasteiger partial charge >= 0.3 is 12.1 Å². The summed E-state index contributed by atoms with van der Waals surface area (Å²) in [7, 11) is 0. The SMILES string of the molecule is O=C(O)CSC1CCN(c2cc(C(F)F)cc(C(F)(F)F)c2)C1. The van der Waals surface area contributed by atoms with Gasteiger partial charge in [0.2, 0.25) is 0 Å². The lowest BCUT2D eigenvalue weighted by molar-refractivity contribution is -0.137. The lowest BCUT2D eigenvalue weighted by Crippen LogP contribution is -2.21. The molecule has 1 N–H and O–H groups in total. The zero-order chi connectivity index (χ0) is 17.2. The highest BCUT2D eigenvalue weighted by Gasteiger charge is 2.33. The molecule has 0 bridgehead atoms. The number of hydrogen-bond donors (Lipinski definition) is 1. The molecule has 1 aromatic carbocycles. The number of alkyl halides is 5. The molecule has 2 rings (SSSR count). The third-order valence-electron chi connectivity index (χ3n) is 3.47. The van der Waals surface area contributed by atoms with Crippen molar-refractivity contribution < 1.29 is 31.9 Å². The molecule has 128 valence electrons. The van der Waals surface area contributed by atoms with Crippen LogP contribution in [0.15, 0.2) is 18.2 Å². The van der Waals surface area contributed by atoms with Crippen molar-refractivity contribution in [3.05, 3.63) is 29.3 Å². The minimum Gasteiger partial charge on any atom is -0.481 e. The van der Waals surface area contributed by atoms with Crippen LogP contribution >= 0.6 is 11.8 Å². The summed E-state index contributed by atoms with van der Waals surface area (Å²) in [6, 6.07) is 2.38. The predicted molar refractivity (Wildman–Crippen MR) is 77.1 cm³/mol. The molecule has 9 heteroatoms. The van der Waals surface area contributed by atoms with E-state index >= 15 is 0 Å². The van der Waals surface area contributed by atoms with E-state index in [0.717, 1.165) is 12.1 Å². The Labute approximate surface area is 133 Å². The zero-order valence-electron chi connectivity index (χ0n) is 11.8. The zero-order valence-corrected chi connectivity index (χ0v) is 12.6. The predicted octanol–water partition coefficient (Wildman–Crippen LogP) is 4.04. The highest BCUT2D eigenvalue weighted by atomic mass is 32.2. The lowest BCUT2D eigenvalue weighted by atomic mass is 10.1. The summed E-state index contributed by atoms with van der Waals surface area (Å²) >= 11 is 1.20. The van der Waals surface area contributed by atoms with Crippen LogP contribution in [0, 0.1) is 0 Å². The summed E-state index contributed by atoms with van der Waals surface area (Å²) in [5, 5.41) is 8.59. The highest BCUT2D eigenvalue weighted by Crippen LogP contribution is 2.37. The molecule has 1 saturated heterocycles. The fourth-order valence-corrected chi connectivity index (χ4v) is 3.33. The maximum atomic E-state index is 12.9. The Kier molecular flexibility index (Phi) is 5.38. The number of hydrogen-bond acceptors (Lipinski definition) is 3. The summed E-state index contributed by atoms with van der Waals surface area (Å²) in [6.45, 7) is 0.739. The molecular weight excluding hydrogens is 341 g/mol. The summed E-state index contributed by atoms with van der Waals surface area (Å²) < 4.78 is 64.2. The Hall–Kier alpha value is -1.51. The fraction of sp³-hybridized carbons (Fsp3) is 0.500. The van der Waals surface area contributed by atoms with E-state index in [2.05, 4.69) is 0 Å². The van der Waals surface area contributed by atoms with Gasteiger partial charge in [0.05, 0.1) is 11.3 Å². The summed E-state index contributed by atoms with van der Waals surface area (Å²) in [6.07, 6.45) is -7.09. The maximum absolute atomic E-state index is 12.9. The number of benzene rings is 1. The molecule has 1 heterocycles. The molecule has 0 aromatic heterocycles. The first-order chi connectivity index (χ1) is 10.7. The minimum absolute atomic E-state index is 0.0457. The second-order valence-electron chi connectivity index (χ2n) is 5.17. The number of nitrogens with zero attached hydrogens (tertiary/aromatic N) is 1. The molecule has 1 aliphatic rings. The quantitative estimate of drug-likeness (QED) is 0.810. The molecule has 0 saturated carbocycles. The van der Waals surface area contributed by atoms with Crippen LogP contribution in [0.4, 0.5) is 27.6 Å². The van der Waals surface area contributed by atoms with Crippen LogP contribution in [0.3, 0.4) is 0 Å². The van der Waals surface area contributed by atoms with Crippen LogP contribution in [0.1, 0.15) is 24.0 Å². The number of thioether (sulfide) groups is 1. The highest BCUT2D eigenvalue weighted by molar-refractivity contribution is 8.00. The van der Waals surface area contributed by atoms with Gasteiger partial charge in [-0.25, -0.2) is 8.78 Å². The molecule has 1 fully saturated rings. The van der Waals surface area contributed by atoms with E-state index in [4.69, 9.17) is 5.11 Å². The maximum Gasteiger partial charge on any atom is 0.416 e. The fourth-order valence-electron chi connectivity index (χ4n) is 2.39. The third-order valence-corrected chi connectivity index (χ3v) is 4.74. The van der Waals surface area contributed by atoms with Gasteiger partial charge in [-0.05, 0) is 24.6 Å². The van der Waals surface area contributed by atoms with E-state index in [-0.39, 0.29) is 16.7 Å². The first-order valence-corrected chi connectivity index (χ1v) is 7.80. The smallest absolute Gasteiger partial charge is 0.416 e. The van der Waals surface area contributed by atoms with Crippen molar-refractivity contribution in [1.82, 2.24) is 0 Å². The van der Waals surface area contributed by atoms with E-state index in [0.29, 0.717) is 25.6 Å². The van der Waals surface area contributed by atoms with Crippen molar-refractivity contribution in [2.75, 3.05) is 23.7 Å². The third kappa shape index (κ3) is 4.73. The molecular formula is C14H14F5NO2S. The molecule has 0 radical (unpaired) electrons. The number of anilines is 1. The second-order valence-corrected chi connectivity index (χ2v) is 6.46. The van der Waals surface area contributed by atoms with Gasteiger partial charge in [0.1, 0.15) is 0 Å². The van der Waals surface area contributed by atoms with E-state index in [1.165, 1.54) is 11.8 Å². The van der Waals surface area contributed by atoms with Crippen LogP contribution in [0.5, 0.6) is 0 Å². The number of aliphatic carboxylic acids is 1. The Morgan fingerprint density at radius 2 is 2.04 bits per heavy atom. The first-order valence-electron chi connectivity index (χ1n) is 6.75. The summed E-state index contributed by atoms with van der Waals surface area (Å²) in [4.78, 5) is 12.1. The monoisotopic (exact) mass is 355 g/mol. The first kappa shape index (κ1) is 17.8. The number of rotatable bonds is 5. The standard InChI is InChI=1S/C14H14F5NO2S/c15-13(16)8-3-9(14(17,18)19)5-10(4-8)20-2-1-11(6-20)23-7-12(21)22/h3-5,11,13H,1-2,6-7H2,(H,21,22). The Bertz CT molecular complexity index is 579. The number of carboxylic acids is 1. The van der Waals surface area contributed by atoms with Crippen molar-refractivity contribution >= 4 is 23.4 Å². The molecule has 1 atom stereocenters. The molecule has 0 amide bonds. The topological polar surface area (TPSA) is 40.5 Å². The van der Waals surface area contributed by atoms with E-state index in [1.54, 1.807) is 4.90 Å². The molecule has 0 spiro atoms. The van der Waals surface area contributed by atoms with Crippen LogP contribution < -0.4 is 4.90 Å². The van der Waals surface area contributed by atoms with E-state index in [9.17, 15) is 26.7 Å². The second kappa shape index (κ2) is 6.94. The summed E-state index contributed by atoms with van der Waals surface area (Å²) in [5.41, 5.74) is -1.68. The molecule has 3 nitrogen and oxygen atoms in total. The summed E-state index contributed by atoms with van der Waals surface area (Å²) in [5.74, 6) is -1.06. The average Bonchev–Trinajstić information content (AvgIpc) is 2.92. The van der Waals surface area contributed by atoms with Crippen LogP contribution in [-0.4, -0.2) is 35.2 Å². The van der Waals surface area contributed by atoms with Gasteiger partial charge < -0.3 is 10.0 Å². The van der Waals surface area contributed by atoms with Crippen LogP contribution in [0.25, 0.3) is 0 Å². The number of carbonyl (C=O) groups is 1. The Balaban J connectivity index is 2.19. The van der Waals surface area contributed by atoms with E-state index < -0.39 is 29.7 Å². The minimum atomic E-state index is -4.70. The van der Waals surface area contributed by atoms with Gasteiger partial charge in [0, 0.05) is 29.6 Å². The van der Waals surface area contributed by atoms with E-state index in [1.807, 2.05) is 0 Å². The average molecular weight is 355 g/mol. The van der Waals surface area contributed by atoms with Gasteiger partial charge in [-0.1, -0.05) is 0 Å². The molecule has 23 heavy (non-hydrogen) atoms. The molecule has 0 aliphatic carbocycles. The Morgan fingerprint density at radius 3 is 2.61 bits per heavy atom. The van der Waals surface area contributed by atoms with Gasteiger partial charge in [0.15, 0.2) is 0 Å². The van der Waals surface area contributed by atoms with Gasteiger partial charge in [-0.3, -0.25) is 4.79 Å². The van der Waals surface area contributed by atoms with Crippen molar-refractivity contribution in [1.29, 1.82) is 0 Å². The van der Waals surface area contributed by atoms with Crippen LogP contribution in [0.2, 0.25) is 0 Å². The lowest BCUT2D eigenvalue weighted by Gasteiger charge is -2.21. The van der Waals surface area contributed by atoms with Crippen molar-refractivity contribution in [2.45, 2.75) is 24.3 Å². The van der Waals surface area contributed by atoms with Crippen molar-refractivity contribution in [3.63, 3.8) is 0 Å². The molecule has 1 aromatic rings. The van der Waals surface area contributed by atoms with Gasteiger partial charge in [0.25, 0.3) is 6.43 Å². The van der Waals surface area contributed by atoms with Crippen LogP contribution in [-0.2, 0) is 11.0 Å². The number of carboxylic acid groups (broad SMARTS) is 1. The van der Waals surface area contributed by atoms with Crippen molar-refractivity contribution in [2.24, 2.45) is 0 Å².